The number of anilines is 1. The predicted molar refractivity (Wildman–Crippen MR) is 64.9 cm³/mol. The molecule has 1 saturated carbocycles. The highest BCUT2D eigenvalue weighted by Crippen LogP contribution is 2.38. The summed E-state index contributed by atoms with van der Waals surface area (Å²) in [5.41, 5.74) is 7.68. The molecule has 0 radical (unpaired) electrons. The Hall–Kier alpha value is -1.35. The third-order valence-corrected chi connectivity index (χ3v) is 3.13. The Bertz CT molecular complexity index is 401. The fourth-order valence-electron chi connectivity index (χ4n) is 1.82. The number of rotatable bonds is 3. The number of benzene rings is 1. The van der Waals surface area contributed by atoms with Gasteiger partial charge in [-0.2, -0.15) is 0 Å². The van der Waals surface area contributed by atoms with Crippen molar-refractivity contribution < 1.29 is 4.79 Å². The molecule has 1 fully saturated rings. The van der Waals surface area contributed by atoms with E-state index >= 15 is 0 Å². The first-order valence-electron chi connectivity index (χ1n) is 5.74. The van der Waals surface area contributed by atoms with E-state index < -0.39 is 0 Å². The third-order valence-electron chi connectivity index (χ3n) is 3.13. The molecule has 2 rings (SSSR count). The summed E-state index contributed by atoms with van der Waals surface area (Å²) < 4.78 is 0. The zero-order valence-corrected chi connectivity index (χ0v) is 9.73. The first-order chi connectivity index (χ1) is 7.58. The Morgan fingerprint density at radius 3 is 2.81 bits per heavy atom. The van der Waals surface area contributed by atoms with Gasteiger partial charge in [-0.25, -0.2) is 0 Å². The van der Waals surface area contributed by atoms with Crippen LogP contribution in [0.1, 0.15) is 31.9 Å². The fraction of sp³-hybridized carbons (Fsp3) is 0.462. The predicted octanol–water partition coefficient (Wildman–Crippen LogP) is 2.30. The summed E-state index contributed by atoms with van der Waals surface area (Å²) in [5, 5.41) is 2.94. The van der Waals surface area contributed by atoms with E-state index in [1.807, 2.05) is 31.2 Å². The van der Waals surface area contributed by atoms with Gasteiger partial charge in [-0.1, -0.05) is 19.1 Å². The van der Waals surface area contributed by atoms with Crippen LogP contribution in [0.2, 0.25) is 0 Å². The van der Waals surface area contributed by atoms with Gasteiger partial charge in [-0.15, -0.1) is 0 Å². The van der Waals surface area contributed by atoms with Crippen LogP contribution in [0, 0.1) is 11.8 Å². The van der Waals surface area contributed by atoms with E-state index in [9.17, 15) is 4.79 Å². The zero-order valence-electron chi connectivity index (χ0n) is 9.73. The van der Waals surface area contributed by atoms with Crippen LogP contribution in [0.5, 0.6) is 0 Å². The van der Waals surface area contributed by atoms with E-state index in [-0.39, 0.29) is 17.9 Å². The molecule has 1 aromatic carbocycles. The summed E-state index contributed by atoms with van der Waals surface area (Å²) in [5.74, 6) is 0.880. The average Bonchev–Trinajstić information content (AvgIpc) is 2.96. The van der Waals surface area contributed by atoms with Crippen LogP contribution in [0.4, 0.5) is 5.69 Å². The van der Waals surface area contributed by atoms with Gasteiger partial charge >= 0.3 is 0 Å². The van der Waals surface area contributed by atoms with Gasteiger partial charge in [-0.3, -0.25) is 4.79 Å². The van der Waals surface area contributed by atoms with Crippen LogP contribution in [0.15, 0.2) is 24.3 Å². The van der Waals surface area contributed by atoms with E-state index in [1.165, 1.54) is 0 Å². The van der Waals surface area contributed by atoms with E-state index in [0.717, 1.165) is 17.7 Å². The highest BCUT2D eigenvalue weighted by Gasteiger charge is 2.39. The van der Waals surface area contributed by atoms with Crippen LogP contribution >= 0.6 is 0 Å². The third kappa shape index (κ3) is 2.42. The smallest absolute Gasteiger partial charge is 0.227 e. The second-order valence-corrected chi connectivity index (χ2v) is 4.72. The number of carbonyl (C=O) groups excluding carboxylic acids is 1. The second-order valence-electron chi connectivity index (χ2n) is 4.72. The molecule has 3 nitrogen and oxygen atoms in total. The van der Waals surface area contributed by atoms with Crippen LogP contribution in [-0.4, -0.2) is 5.91 Å². The Kier molecular flexibility index (Phi) is 2.97. The average molecular weight is 218 g/mol. The maximum Gasteiger partial charge on any atom is 0.227 e. The molecule has 1 aromatic rings. The van der Waals surface area contributed by atoms with Crippen molar-refractivity contribution in [2.24, 2.45) is 17.6 Å². The molecule has 0 saturated heterocycles. The molecule has 0 aliphatic heterocycles. The molecule has 3 N–H and O–H groups in total. The Morgan fingerprint density at radius 1 is 1.56 bits per heavy atom. The first kappa shape index (κ1) is 11.1. The number of hydrogen-bond acceptors (Lipinski definition) is 2. The number of hydrogen-bond donors (Lipinski definition) is 2. The molecule has 0 bridgehead atoms. The molecular formula is C13H18N2O. The van der Waals surface area contributed by atoms with Crippen LogP contribution in [-0.2, 0) is 4.79 Å². The lowest BCUT2D eigenvalue weighted by Gasteiger charge is -2.09. The number of nitrogens with one attached hydrogen (secondary N) is 1. The summed E-state index contributed by atoms with van der Waals surface area (Å²) in [6.07, 6.45) is 1.01. The minimum absolute atomic E-state index is 0.00305. The maximum absolute atomic E-state index is 11.7. The fourth-order valence-corrected chi connectivity index (χ4v) is 1.82. The SMILES string of the molecule is CC(N)c1cccc(NC(=O)C2CC2C)c1. The standard InChI is InChI=1S/C13H18N2O/c1-8-6-12(8)13(16)15-11-5-3-4-10(7-11)9(2)14/h3-5,7-9,12H,6,14H2,1-2H3,(H,15,16). The van der Waals surface area contributed by atoms with Crippen LogP contribution in [0.25, 0.3) is 0 Å². The van der Waals surface area contributed by atoms with Crippen molar-refractivity contribution in [3.8, 4) is 0 Å². The van der Waals surface area contributed by atoms with Crippen molar-refractivity contribution in [2.75, 3.05) is 5.32 Å². The highest BCUT2D eigenvalue weighted by molar-refractivity contribution is 5.94. The van der Waals surface area contributed by atoms with Crippen molar-refractivity contribution in [3.05, 3.63) is 29.8 Å². The van der Waals surface area contributed by atoms with Crippen molar-refractivity contribution in [1.82, 2.24) is 0 Å². The van der Waals surface area contributed by atoms with Gasteiger partial charge in [0.1, 0.15) is 0 Å². The maximum atomic E-state index is 11.7. The summed E-state index contributed by atoms with van der Waals surface area (Å²) in [7, 11) is 0. The van der Waals surface area contributed by atoms with Gasteiger partial charge in [0.2, 0.25) is 5.91 Å². The quantitative estimate of drug-likeness (QED) is 0.818. The summed E-state index contributed by atoms with van der Waals surface area (Å²) >= 11 is 0. The lowest BCUT2D eigenvalue weighted by Crippen LogP contribution is -2.15. The molecule has 0 spiro atoms. The second kappa shape index (κ2) is 4.26. The minimum atomic E-state index is -0.00305. The Morgan fingerprint density at radius 2 is 2.25 bits per heavy atom. The van der Waals surface area contributed by atoms with Crippen molar-refractivity contribution in [1.29, 1.82) is 0 Å². The number of amides is 1. The molecule has 3 atom stereocenters. The van der Waals surface area contributed by atoms with Gasteiger partial charge in [0.05, 0.1) is 0 Å². The van der Waals surface area contributed by atoms with Crippen molar-refractivity contribution in [3.63, 3.8) is 0 Å². The summed E-state index contributed by atoms with van der Waals surface area (Å²) in [4.78, 5) is 11.7. The lowest BCUT2D eigenvalue weighted by atomic mass is 10.1. The lowest BCUT2D eigenvalue weighted by molar-refractivity contribution is -0.117. The van der Waals surface area contributed by atoms with Gasteiger partial charge in [0.25, 0.3) is 0 Å². The number of nitrogens with two attached hydrogens (primary N) is 1. The summed E-state index contributed by atoms with van der Waals surface area (Å²) in [6.45, 7) is 4.03. The largest absolute Gasteiger partial charge is 0.326 e. The Labute approximate surface area is 96.0 Å². The zero-order chi connectivity index (χ0) is 11.7. The molecule has 86 valence electrons. The number of carbonyl (C=O) groups is 1. The molecule has 1 aliphatic rings. The van der Waals surface area contributed by atoms with Crippen molar-refractivity contribution in [2.45, 2.75) is 26.3 Å². The van der Waals surface area contributed by atoms with Gasteiger partial charge in [-0.05, 0) is 37.0 Å². The van der Waals surface area contributed by atoms with E-state index in [0.29, 0.717) is 5.92 Å². The summed E-state index contributed by atoms with van der Waals surface area (Å²) in [6, 6.07) is 7.73. The molecule has 0 aromatic heterocycles. The molecule has 1 aliphatic carbocycles. The van der Waals surface area contributed by atoms with Gasteiger partial charge in [0.15, 0.2) is 0 Å². The van der Waals surface area contributed by atoms with Gasteiger partial charge in [0, 0.05) is 17.6 Å². The van der Waals surface area contributed by atoms with Crippen molar-refractivity contribution >= 4 is 11.6 Å². The molecule has 16 heavy (non-hydrogen) atoms. The monoisotopic (exact) mass is 218 g/mol. The molecule has 3 heteroatoms. The van der Waals surface area contributed by atoms with E-state index in [2.05, 4.69) is 12.2 Å². The first-order valence-corrected chi connectivity index (χ1v) is 5.74. The molecule has 3 unspecified atom stereocenters. The van der Waals surface area contributed by atoms with E-state index in [4.69, 9.17) is 5.73 Å². The molecule has 1 amide bonds. The normalized spacial score (nSPS) is 24.9. The van der Waals surface area contributed by atoms with Crippen LogP contribution in [0.3, 0.4) is 0 Å². The molecular weight excluding hydrogens is 200 g/mol. The minimum Gasteiger partial charge on any atom is -0.326 e. The van der Waals surface area contributed by atoms with Crippen LogP contribution < -0.4 is 11.1 Å². The topological polar surface area (TPSA) is 55.1 Å². The Balaban J connectivity index is 2.04. The van der Waals surface area contributed by atoms with Gasteiger partial charge < -0.3 is 11.1 Å². The molecule has 0 heterocycles. The van der Waals surface area contributed by atoms with E-state index in [1.54, 1.807) is 0 Å². The highest BCUT2D eigenvalue weighted by atomic mass is 16.2.